The number of guanidine groups is 1. The van der Waals surface area contributed by atoms with E-state index in [1.54, 1.807) is 19.2 Å². The average Bonchev–Trinajstić information content (AvgIpc) is 3.50. The summed E-state index contributed by atoms with van der Waals surface area (Å²) in [5.41, 5.74) is 2.30. The van der Waals surface area contributed by atoms with E-state index in [2.05, 4.69) is 27.8 Å². The molecule has 2 N–H and O–H groups in total. The predicted octanol–water partition coefficient (Wildman–Crippen LogP) is 3.11. The Morgan fingerprint density at radius 3 is 2.68 bits per heavy atom. The Morgan fingerprint density at radius 1 is 1.16 bits per heavy atom. The third-order valence-corrected chi connectivity index (χ3v) is 6.47. The SMILES string of the molecule is CN=C(NCC1CC(=O)N(CCc2ccccc2)C1)NCC1(c2cccc(F)c2)CC1. The van der Waals surface area contributed by atoms with Gasteiger partial charge >= 0.3 is 0 Å². The van der Waals surface area contributed by atoms with E-state index in [1.807, 2.05) is 29.2 Å². The van der Waals surface area contributed by atoms with E-state index < -0.39 is 0 Å². The van der Waals surface area contributed by atoms with Crippen molar-refractivity contribution in [3.05, 3.63) is 71.5 Å². The van der Waals surface area contributed by atoms with Gasteiger partial charge in [0.1, 0.15) is 5.82 Å². The molecule has 5 nitrogen and oxygen atoms in total. The van der Waals surface area contributed by atoms with Crippen molar-refractivity contribution in [1.29, 1.82) is 0 Å². The van der Waals surface area contributed by atoms with Crippen LogP contribution in [0.1, 0.15) is 30.4 Å². The fraction of sp³-hybridized carbons (Fsp3) is 0.440. The first-order chi connectivity index (χ1) is 15.1. The number of amides is 1. The van der Waals surface area contributed by atoms with Crippen LogP contribution in [0.4, 0.5) is 4.39 Å². The molecule has 1 heterocycles. The van der Waals surface area contributed by atoms with E-state index >= 15 is 0 Å². The summed E-state index contributed by atoms with van der Waals surface area (Å²) in [5.74, 6) is 1.06. The fourth-order valence-electron chi connectivity index (χ4n) is 4.37. The summed E-state index contributed by atoms with van der Waals surface area (Å²) in [4.78, 5) is 18.7. The van der Waals surface area contributed by atoms with E-state index in [0.717, 1.165) is 50.4 Å². The normalized spacial score (nSPS) is 20.1. The molecule has 2 aliphatic rings. The van der Waals surface area contributed by atoms with E-state index in [4.69, 9.17) is 0 Å². The molecule has 31 heavy (non-hydrogen) atoms. The third kappa shape index (κ3) is 5.43. The van der Waals surface area contributed by atoms with Gasteiger partial charge < -0.3 is 15.5 Å². The molecule has 0 radical (unpaired) electrons. The standard InChI is InChI=1S/C25H31FN4O/c1-27-24(29-18-25(11-12-25)21-8-5-9-22(26)15-21)28-16-20-14-23(31)30(17-20)13-10-19-6-3-2-4-7-19/h2-9,15,20H,10-14,16-18H2,1H3,(H2,27,28,29). The summed E-state index contributed by atoms with van der Waals surface area (Å²) in [6.07, 6.45) is 3.56. The largest absolute Gasteiger partial charge is 0.356 e. The van der Waals surface area contributed by atoms with Crippen molar-refractivity contribution >= 4 is 11.9 Å². The highest BCUT2D eigenvalue weighted by Crippen LogP contribution is 2.47. The number of likely N-dealkylation sites (tertiary alicyclic amines) is 1. The number of carbonyl (C=O) groups is 1. The van der Waals surface area contributed by atoms with Crippen molar-refractivity contribution in [2.45, 2.75) is 31.1 Å². The van der Waals surface area contributed by atoms with Crippen LogP contribution in [0, 0.1) is 11.7 Å². The zero-order valence-corrected chi connectivity index (χ0v) is 18.1. The van der Waals surface area contributed by atoms with Crippen molar-refractivity contribution in [2.24, 2.45) is 10.9 Å². The Labute approximate surface area is 183 Å². The lowest BCUT2D eigenvalue weighted by Gasteiger charge is -2.20. The molecule has 2 aromatic rings. The third-order valence-electron chi connectivity index (χ3n) is 6.47. The highest BCUT2D eigenvalue weighted by atomic mass is 19.1. The van der Waals surface area contributed by atoms with Crippen LogP contribution >= 0.6 is 0 Å². The molecule has 2 aromatic carbocycles. The zero-order valence-electron chi connectivity index (χ0n) is 18.1. The second-order valence-electron chi connectivity index (χ2n) is 8.74. The highest BCUT2D eigenvalue weighted by Gasteiger charge is 2.44. The van der Waals surface area contributed by atoms with Crippen LogP contribution in [0.25, 0.3) is 0 Å². The number of carbonyl (C=O) groups excluding carboxylic acids is 1. The Bertz CT molecular complexity index is 926. The minimum absolute atomic E-state index is 0.00270. The number of nitrogens with zero attached hydrogens (tertiary/aromatic N) is 2. The van der Waals surface area contributed by atoms with Gasteiger partial charge in [-0.05, 0) is 42.5 Å². The summed E-state index contributed by atoms with van der Waals surface area (Å²) >= 11 is 0. The minimum atomic E-state index is -0.186. The van der Waals surface area contributed by atoms with Crippen LogP contribution < -0.4 is 10.6 Å². The molecule has 0 bridgehead atoms. The molecule has 1 atom stereocenters. The van der Waals surface area contributed by atoms with E-state index in [-0.39, 0.29) is 23.1 Å². The molecule has 1 aliphatic heterocycles. The molecule has 164 valence electrons. The number of halogens is 1. The monoisotopic (exact) mass is 422 g/mol. The van der Waals surface area contributed by atoms with Gasteiger partial charge in [0.05, 0.1) is 0 Å². The molecule has 0 aromatic heterocycles. The van der Waals surface area contributed by atoms with Gasteiger partial charge in [-0.15, -0.1) is 0 Å². The lowest BCUT2D eigenvalue weighted by atomic mass is 9.96. The molecule has 2 fully saturated rings. The lowest BCUT2D eigenvalue weighted by Crippen LogP contribution is -2.43. The molecule has 4 rings (SSSR count). The minimum Gasteiger partial charge on any atom is -0.356 e. The first-order valence-corrected chi connectivity index (χ1v) is 11.1. The number of hydrogen-bond acceptors (Lipinski definition) is 2. The first kappa shape index (κ1) is 21.3. The summed E-state index contributed by atoms with van der Waals surface area (Å²) in [6.45, 7) is 2.98. The number of benzene rings is 2. The average molecular weight is 423 g/mol. The number of hydrogen-bond donors (Lipinski definition) is 2. The fourth-order valence-corrected chi connectivity index (χ4v) is 4.37. The van der Waals surface area contributed by atoms with E-state index in [0.29, 0.717) is 13.0 Å². The van der Waals surface area contributed by atoms with E-state index in [9.17, 15) is 9.18 Å². The van der Waals surface area contributed by atoms with Gasteiger partial charge in [-0.1, -0.05) is 42.5 Å². The molecule has 1 saturated carbocycles. The smallest absolute Gasteiger partial charge is 0.223 e. The Kier molecular flexibility index (Phi) is 6.54. The zero-order chi connectivity index (χ0) is 21.7. The maximum atomic E-state index is 13.6. The van der Waals surface area contributed by atoms with Crippen molar-refractivity contribution in [2.75, 3.05) is 33.2 Å². The Morgan fingerprint density at radius 2 is 1.97 bits per heavy atom. The van der Waals surface area contributed by atoms with Crippen molar-refractivity contribution < 1.29 is 9.18 Å². The molecule has 1 unspecified atom stereocenters. The van der Waals surface area contributed by atoms with Crippen LogP contribution in [0.3, 0.4) is 0 Å². The maximum absolute atomic E-state index is 13.6. The summed E-state index contributed by atoms with van der Waals surface area (Å²) in [7, 11) is 1.75. The van der Waals surface area contributed by atoms with Crippen LogP contribution in [0.5, 0.6) is 0 Å². The van der Waals surface area contributed by atoms with Gasteiger partial charge in [0.25, 0.3) is 0 Å². The molecular weight excluding hydrogens is 391 g/mol. The van der Waals surface area contributed by atoms with Crippen LogP contribution in [-0.2, 0) is 16.6 Å². The van der Waals surface area contributed by atoms with Gasteiger partial charge in [-0.2, -0.15) is 0 Å². The molecule has 1 saturated heterocycles. The predicted molar refractivity (Wildman–Crippen MR) is 122 cm³/mol. The number of aliphatic imine (C=N–C) groups is 1. The second kappa shape index (κ2) is 9.50. The van der Waals surface area contributed by atoms with E-state index in [1.165, 1.54) is 11.6 Å². The van der Waals surface area contributed by atoms with Crippen molar-refractivity contribution in [3.8, 4) is 0 Å². The second-order valence-corrected chi connectivity index (χ2v) is 8.74. The molecule has 1 amide bonds. The topological polar surface area (TPSA) is 56.7 Å². The van der Waals surface area contributed by atoms with Crippen LogP contribution in [0.2, 0.25) is 0 Å². The van der Waals surface area contributed by atoms with Gasteiger partial charge in [-0.3, -0.25) is 9.79 Å². The van der Waals surface area contributed by atoms with Gasteiger partial charge in [0, 0.05) is 51.0 Å². The van der Waals surface area contributed by atoms with Crippen molar-refractivity contribution in [3.63, 3.8) is 0 Å². The number of rotatable bonds is 8. The molecule has 6 heteroatoms. The van der Waals surface area contributed by atoms with Gasteiger partial charge in [0.2, 0.25) is 5.91 Å². The van der Waals surface area contributed by atoms with Crippen LogP contribution in [0.15, 0.2) is 59.6 Å². The molecular formula is C25H31FN4O. The number of nitrogens with one attached hydrogen (secondary N) is 2. The van der Waals surface area contributed by atoms with Crippen LogP contribution in [-0.4, -0.2) is 50.0 Å². The lowest BCUT2D eigenvalue weighted by molar-refractivity contribution is -0.127. The van der Waals surface area contributed by atoms with Crippen molar-refractivity contribution in [1.82, 2.24) is 15.5 Å². The Balaban J connectivity index is 1.22. The first-order valence-electron chi connectivity index (χ1n) is 11.1. The highest BCUT2D eigenvalue weighted by molar-refractivity contribution is 5.81. The Hall–Kier alpha value is -2.89. The summed E-state index contributed by atoms with van der Waals surface area (Å²) in [5, 5.41) is 6.78. The van der Waals surface area contributed by atoms with Gasteiger partial charge in [0.15, 0.2) is 5.96 Å². The molecule has 0 spiro atoms. The maximum Gasteiger partial charge on any atom is 0.223 e. The summed E-state index contributed by atoms with van der Waals surface area (Å²) in [6, 6.07) is 17.2. The molecule has 1 aliphatic carbocycles. The summed E-state index contributed by atoms with van der Waals surface area (Å²) < 4.78 is 13.6. The quantitative estimate of drug-likeness (QED) is 0.508. The van der Waals surface area contributed by atoms with Gasteiger partial charge in [-0.25, -0.2) is 4.39 Å².